The zero-order chi connectivity index (χ0) is 20.1. The summed E-state index contributed by atoms with van der Waals surface area (Å²) in [5.41, 5.74) is 6.62. The molecule has 6 aromatic rings. The van der Waals surface area contributed by atoms with Crippen molar-refractivity contribution in [3.05, 3.63) is 94.1 Å². The van der Waals surface area contributed by atoms with Gasteiger partial charge in [0.05, 0.1) is 20.4 Å². The fourth-order valence-electron chi connectivity index (χ4n) is 3.82. The Balaban J connectivity index is 1.63. The molecule has 0 saturated carbocycles. The number of aromatic amines is 1. The van der Waals surface area contributed by atoms with Crippen LogP contribution in [0, 0.1) is 6.92 Å². The number of hydrogen-bond acceptors (Lipinski definition) is 4. The molecular weight excluding hydrogens is 406 g/mol. The van der Waals surface area contributed by atoms with Gasteiger partial charge in [0.2, 0.25) is 0 Å². The summed E-state index contributed by atoms with van der Waals surface area (Å²) >= 11 is 3.44. The molecule has 3 aromatic heterocycles. The predicted molar refractivity (Wildman–Crippen MR) is 129 cm³/mol. The summed E-state index contributed by atoms with van der Waals surface area (Å²) in [5.74, 6) is 0. The highest BCUT2D eigenvalue weighted by Gasteiger charge is 2.17. The van der Waals surface area contributed by atoms with E-state index in [1.165, 1.54) is 20.3 Å². The fourth-order valence-corrected chi connectivity index (χ4v) is 5.85. The summed E-state index contributed by atoms with van der Waals surface area (Å²) in [6, 6.07) is 25.0. The molecule has 0 aliphatic carbocycles. The minimum absolute atomic E-state index is 1.000. The number of para-hydroxylation sites is 3. The van der Waals surface area contributed by atoms with Crippen LogP contribution in [0.3, 0.4) is 0 Å². The lowest BCUT2D eigenvalue weighted by atomic mass is 10.1. The van der Waals surface area contributed by atoms with Gasteiger partial charge in [0, 0.05) is 27.7 Å². The van der Waals surface area contributed by atoms with Crippen LogP contribution in [0.15, 0.2) is 72.8 Å². The first-order valence-electron chi connectivity index (χ1n) is 9.77. The maximum atomic E-state index is 4.96. The minimum Gasteiger partial charge on any atom is -0.358 e. The molecule has 6 rings (SSSR count). The maximum Gasteiger partial charge on any atom is 0.127 e. The lowest BCUT2D eigenvalue weighted by Gasteiger charge is -2.02. The van der Waals surface area contributed by atoms with Crippen LogP contribution in [-0.2, 0) is 0 Å². The molecule has 3 aromatic carbocycles. The highest BCUT2D eigenvalue weighted by Crippen LogP contribution is 2.37. The summed E-state index contributed by atoms with van der Waals surface area (Å²) in [6.45, 7) is 2.13. The number of thiazole rings is 2. The number of benzene rings is 3. The molecule has 144 valence electrons. The number of rotatable bonds is 3. The minimum atomic E-state index is 1.000. The fraction of sp³-hybridized carbons (Fsp3) is 0.0400. The van der Waals surface area contributed by atoms with Gasteiger partial charge in [-0.25, -0.2) is 9.97 Å². The molecule has 0 amide bonds. The summed E-state index contributed by atoms with van der Waals surface area (Å²) in [7, 11) is 0. The van der Waals surface area contributed by atoms with Gasteiger partial charge in [0.15, 0.2) is 0 Å². The van der Waals surface area contributed by atoms with Crippen LogP contribution in [-0.4, -0.2) is 15.0 Å². The van der Waals surface area contributed by atoms with Crippen molar-refractivity contribution < 1.29 is 0 Å². The Morgan fingerprint density at radius 2 is 1.33 bits per heavy atom. The number of hydrogen-bond donors (Lipinski definition) is 1. The van der Waals surface area contributed by atoms with E-state index in [1.54, 1.807) is 22.7 Å². The zero-order valence-electron chi connectivity index (χ0n) is 16.2. The first kappa shape index (κ1) is 17.6. The van der Waals surface area contributed by atoms with Gasteiger partial charge < -0.3 is 4.98 Å². The highest BCUT2D eigenvalue weighted by atomic mass is 32.1. The van der Waals surface area contributed by atoms with Gasteiger partial charge in [-0.05, 0) is 43.3 Å². The Labute approximate surface area is 181 Å². The number of aryl methyl sites for hydroxylation is 1. The van der Waals surface area contributed by atoms with Crippen molar-refractivity contribution >= 4 is 65.7 Å². The van der Waals surface area contributed by atoms with Gasteiger partial charge in [0.25, 0.3) is 0 Å². The smallest absolute Gasteiger partial charge is 0.127 e. The highest BCUT2D eigenvalue weighted by molar-refractivity contribution is 7.22. The Hall–Kier alpha value is -3.28. The second-order valence-electron chi connectivity index (χ2n) is 7.24. The topological polar surface area (TPSA) is 41.6 Å². The third kappa shape index (κ3) is 2.86. The van der Waals surface area contributed by atoms with Crippen molar-refractivity contribution in [2.75, 3.05) is 0 Å². The molecular formula is C25H17N3S2. The van der Waals surface area contributed by atoms with Crippen LogP contribution >= 0.6 is 22.7 Å². The van der Waals surface area contributed by atoms with Crippen molar-refractivity contribution in [2.24, 2.45) is 0 Å². The lowest BCUT2D eigenvalue weighted by Crippen LogP contribution is -1.87. The molecule has 5 heteroatoms. The molecule has 0 aliphatic rings. The molecule has 0 radical (unpaired) electrons. The molecule has 1 N–H and O–H groups in total. The molecule has 3 nitrogen and oxygen atoms in total. The second-order valence-corrected chi connectivity index (χ2v) is 9.30. The SMILES string of the molecule is Cc1[nH]c2ccccc2c1C=C(c1nc2ccccc2s1)c1nc2ccccc2s1. The van der Waals surface area contributed by atoms with E-state index in [9.17, 15) is 0 Å². The largest absolute Gasteiger partial charge is 0.358 e. The first-order chi connectivity index (χ1) is 14.8. The van der Waals surface area contributed by atoms with E-state index in [2.05, 4.69) is 78.6 Å². The van der Waals surface area contributed by atoms with E-state index in [4.69, 9.17) is 9.97 Å². The van der Waals surface area contributed by atoms with Crippen LogP contribution in [0.2, 0.25) is 0 Å². The number of nitrogens with zero attached hydrogens (tertiary/aromatic N) is 2. The molecule has 0 fully saturated rings. The van der Waals surface area contributed by atoms with Crippen molar-refractivity contribution in [3.8, 4) is 0 Å². The van der Waals surface area contributed by atoms with Crippen molar-refractivity contribution in [1.82, 2.24) is 15.0 Å². The van der Waals surface area contributed by atoms with Gasteiger partial charge in [0.1, 0.15) is 10.0 Å². The van der Waals surface area contributed by atoms with E-state index in [0.29, 0.717) is 0 Å². The summed E-state index contributed by atoms with van der Waals surface area (Å²) in [6.07, 6.45) is 2.25. The summed E-state index contributed by atoms with van der Waals surface area (Å²) in [4.78, 5) is 13.4. The lowest BCUT2D eigenvalue weighted by molar-refractivity contribution is 1.29. The number of nitrogens with one attached hydrogen (secondary N) is 1. The Bertz CT molecular complexity index is 1420. The Morgan fingerprint density at radius 3 is 1.97 bits per heavy atom. The van der Waals surface area contributed by atoms with Crippen LogP contribution in [0.5, 0.6) is 0 Å². The van der Waals surface area contributed by atoms with Crippen molar-refractivity contribution in [1.29, 1.82) is 0 Å². The average molecular weight is 424 g/mol. The summed E-state index contributed by atoms with van der Waals surface area (Å²) in [5, 5.41) is 3.22. The first-order valence-corrected chi connectivity index (χ1v) is 11.4. The molecule has 0 saturated heterocycles. The Kier molecular flexibility index (Phi) is 4.04. The van der Waals surface area contributed by atoms with E-state index < -0.39 is 0 Å². The molecule has 0 spiro atoms. The maximum absolute atomic E-state index is 4.96. The van der Waals surface area contributed by atoms with Crippen LogP contribution < -0.4 is 0 Å². The van der Waals surface area contributed by atoms with Crippen LogP contribution in [0.25, 0.3) is 43.0 Å². The zero-order valence-corrected chi connectivity index (χ0v) is 17.8. The quantitative estimate of drug-likeness (QED) is 0.325. The van der Waals surface area contributed by atoms with Crippen LogP contribution in [0.1, 0.15) is 21.3 Å². The van der Waals surface area contributed by atoms with Crippen LogP contribution in [0.4, 0.5) is 0 Å². The molecule has 0 aliphatic heterocycles. The number of fused-ring (bicyclic) bond motifs is 3. The molecule has 0 unspecified atom stereocenters. The van der Waals surface area contributed by atoms with Crippen molar-refractivity contribution in [2.45, 2.75) is 6.92 Å². The number of aromatic nitrogens is 3. The van der Waals surface area contributed by atoms with Crippen molar-refractivity contribution in [3.63, 3.8) is 0 Å². The number of H-pyrrole nitrogens is 1. The van der Waals surface area contributed by atoms with E-state index in [1.807, 2.05) is 12.1 Å². The second kappa shape index (κ2) is 6.90. The van der Waals surface area contributed by atoms with Gasteiger partial charge in [-0.15, -0.1) is 22.7 Å². The normalized spacial score (nSPS) is 11.5. The molecule has 0 bridgehead atoms. The average Bonchev–Trinajstić information content (AvgIpc) is 3.46. The predicted octanol–water partition coefficient (Wildman–Crippen LogP) is 7.28. The monoisotopic (exact) mass is 423 g/mol. The van der Waals surface area contributed by atoms with Gasteiger partial charge >= 0.3 is 0 Å². The van der Waals surface area contributed by atoms with Gasteiger partial charge in [-0.3, -0.25) is 0 Å². The molecule has 0 atom stereocenters. The molecule has 30 heavy (non-hydrogen) atoms. The van der Waals surface area contributed by atoms with Gasteiger partial charge in [-0.2, -0.15) is 0 Å². The third-order valence-corrected chi connectivity index (χ3v) is 7.42. The van der Waals surface area contributed by atoms with E-state index in [-0.39, 0.29) is 0 Å². The standard InChI is InChI=1S/C25H17N3S2/c1-15-17(16-8-2-3-9-19(16)26-15)14-18(24-27-20-10-4-6-12-22(20)29-24)25-28-21-11-5-7-13-23(21)30-25/h2-14,26H,1H3. The van der Waals surface area contributed by atoms with Gasteiger partial charge in [-0.1, -0.05) is 42.5 Å². The van der Waals surface area contributed by atoms with E-state index in [0.717, 1.165) is 37.8 Å². The third-order valence-electron chi connectivity index (χ3n) is 5.28. The summed E-state index contributed by atoms with van der Waals surface area (Å²) < 4.78 is 2.38. The van der Waals surface area contributed by atoms with E-state index >= 15 is 0 Å². The molecule has 3 heterocycles. The Morgan fingerprint density at radius 1 is 0.767 bits per heavy atom.